The monoisotopic (exact) mass is 265 g/mol. The van der Waals surface area contributed by atoms with E-state index in [0.717, 1.165) is 30.5 Å². The highest BCUT2D eigenvalue weighted by Gasteiger charge is 2.27. The summed E-state index contributed by atoms with van der Waals surface area (Å²) in [4.78, 5) is 4.59. The SMILES string of the molecule is CC(C)C[C@H](CN)Cc1nc(C2CCC(C)C2)no1. The van der Waals surface area contributed by atoms with E-state index < -0.39 is 0 Å². The van der Waals surface area contributed by atoms with Crippen LogP contribution >= 0.6 is 0 Å². The smallest absolute Gasteiger partial charge is 0.226 e. The fourth-order valence-corrected chi connectivity index (χ4v) is 3.13. The molecule has 0 saturated heterocycles. The van der Waals surface area contributed by atoms with Crippen molar-refractivity contribution in [2.24, 2.45) is 23.5 Å². The summed E-state index contributed by atoms with van der Waals surface area (Å²) in [6.07, 6.45) is 5.63. The first-order valence-corrected chi connectivity index (χ1v) is 7.61. The average molecular weight is 265 g/mol. The molecular formula is C15H27N3O. The van der Waals surface area contributed by atoms with Crippen LogP contribution in [0.3, 0.4) is 0 Å². The molecule has 0 aliphatic heterocycles. The van der Waals surface area contributed by atoms with E-state index in [1.807, 2.05) is 0 Å². The van der Waals surface area contributed by atoms with Gasteiger partial charge in [-0.2, -0.15) is 4.98 Å². The van der Waals surface area contributed by atoms with E-state index in [2.05, 4.69) is 30.9 Å². The molecule has 3 atom stereocenters. The van der Waals surface area contributed by atoms with Gasteiger partial charge in [0, 0.05) is 12.3 Å². The van der Waals surface area contributed by atoms with Gasteiger partial charge in [-0.1, -0.05) is 25.9 Å². The van der Waals surface area contributed by atoms with Crippen molar-refractivity contribution < 1.29 is 4.52 Å². The normalized spacial score (nSPS) is 25.1. The summed E-state index contributed by atoms with van der Waals surface area (Å²) in [7, 11) is 0. The van der Waals surface area contributed by atoms with Crippen LogP contribution in [0.2, 0.25) is 0 Å². The van der Waals surface area contributed by atoms with Crippen molar-refractivity contribution in [1.29, 1.82) is 0 Å². The molecule has 4 heteroatoms. The van der Waals surface area contributed by atoms with Crippen LogP contribution in [-0.2, 0) is 6.42 Å². The molecule has 0 amide bonds. The summed E-state index contributed by atoms with van der Waals surface area (Å²) in [5.41, 5.74) is 5.83. The van der Waals surface area contributed by atoms with Gasteiger partial charge in [0.25, 0.3) is 0 Å². The van der Waals surface area contributed by atoms with Crippen LogP contribution in [-0.4, -0.2) is 16.7 Å². The predicted molar refractivity (Wildman–Crippen MR) is 75.8 cm³/mol. The van der Waals surface area contributed by atoms with Gasteiger partial charge in [0.15, 0.2) is 5.82 Å². The van der Waals surface area contributed by atoms with E-state index >= 15 is 0 Å². The van der Waals surface area contributed by atoms with Gasteiger partial charge in [0.05, 0.1) is 0 Å². The zero-order chi connectivity index (χ0) is 13.8. The molecule has 1 aromatic heterocycles. The van der Waals surface area contributed by atoms with E-state index in [9.17, 15) is 0 Å². The van der Waals surface area contributed by atoms with E-state index in [4.69, 9.17) is 10.3 Å². The molecular weight excluding hydrogens is 238 g/mol. The first-order chi connectivity index (χ1) is 9.08. The van der Waals surface area contributed by atoms with Crippen molar-refractivity contribution in [1.82, 2.24) is 10.1 Å². The van der Waals surface area contributed by atoms with Gasteiger partial charge in [0.2, 0.25) is 5.89 Å². The summed E-state index contributed by atoms with van der Waals surface area (Å²) in [5, 5.41) is 4.17. The summed E-state index contributed by atoms with van der Waals surface area (Å²) in [6.45, 7) is 7.44. The molecule has 1 aliphatic rings. The lowest BCUT2D eigenvalue weighted by molar-refractivity contribution is 0.328. The number of hydrogen-bond donors (Lipinski definition) is 1. The lowest BCUT2D eigenvalue weighted by atomic mass is 9.94. The Morgan fingerprint density at radius 3 is 2.74 bits per heavy atom. The highest BCUT2D eigenvalue weighted by molar-refractivity contribution is 4.99. The first-order valence-electron chi connectivity index (χ1n) is 7.61. The van der Waals surface area contributed by atoms with Gasteiger partial charge in [-0.25, -0.2) is 0 Å². The highest BCUT2D eigenvalue weighted by Crippen LogP contribution is 2.36. The average Bonchev–Trinajstić information content (AvgIpc) is 2.96. The van der Waals surface area contributed by atoms with Crippen molar-refractivity contribution in [3.05, 3.63) is 11.7 Å². The minimum absolute atomic E-state index is 0.454. The third-order valence-electron chi connectivity index (χ3n) is 4.15. The summed E-state index contributed by atoms with van der Waals surface area (Å²) in [6, 6.07) is 0. The molecule has 2 N–H and O–H groups in total. The molecule has 0 spiro atoms. The number of aromatic nitrogens is 2. The van der Waals surface area contributed by atoms with Gasteiger partial charge >= 0.3 is 0 Å². The zero-order valence-corrected chi connectivity index (χ0v) is 12.4. The van der Waals surface area contributed by atoms with E-state index in [0.29, 0.717) is 24.3 Å². The topological polar surface area (TPSA) is 64.9 Å². The third-order valence-corrected chi connectivity index (χ3v) is 4.15. The maximum atomic E-state index is 5.83. The summed E-state index contributed by atoms with van der Waals surface area (Å²) >= 11 is 0. The minimum Gasteiger partial charge on any atom is -0.339 e. The molecule has 1 aromatic rings. The van der Waals surface area contributed by atoms with Crippen molar-refractivity contribution in [2.45, 2.75) is 58.8 Å². The molecule has 19 heavy (non-hydrogen) atoms. The van der Waals surface area contributed by atoms with Crippen LogP contribution in [0.1, 0.15) is 64.1 Å². The largest absolute Gasteiger partial charge is 0.339 e. The van der Waals surface area contributed by atoms with Gasteiger partial charge in [-0.15, -0.1) is 0 Å². The van der Waals surface area contributed by atoms with E-state index in [1.165, 1.54) is 19.3 Å². The molecule has 108 valence electrons. The fraction of sp³-hybridized carbons (Fsp3) is 0.867. The maximum absolute atomic E-state index is 5.83. The Hall–Kier alpha value is -0.900. The Morgan fingerprint density at radius 2 is 2.16 bits per heavy atom. The molecule has 1 aliphatic carbocycles. The fourth-order valence-electron chi connectivity index (χ4n) is 3.13. The summed E-state index contributed by atoms with van der Waals surface area (Å²) in [5.74, 6) is 4.10. The van der Waals surface area contributed by atoms with Crippen LogP contribution in [0.25, 0.3) is 0 Å². The lowest BCUT2D eigenvalue weighted by Crippen LogP contribution is -2.19. The number of nitrogens with zero attached hydrogens (tertiary/aromatic N) is 2. The van der Waals surface area contributed by atoms with Gasteiger partial charge in [-0.3, -0.25) is 0 Å². The van der Waals surface area contributed by atoms with Crippen LogP contribution in [0, 0.1) is 17.8 Å². The number of rotatable bonds is 6. The Labute approximate surface area is 116 Å². The molecule has 2 unspecified atom stereocenters. The minimum atomic E-state index is 0.454. The number of nitrogens with two attached hydrogens (primary N) is 1. The van der Waals surface area contributed by atoms with Crippen LogP contribution in [0.5, 0.6) is 0 Å². The van der Waals surface area contributed by atoms with Crippen molar-refractivity contribution >= 4 is 0 Å². The second-order valence-corrected chi connectivity index (χ2v) is 6.60. The van der Waals surface area contributed by atoms with Crippen molar-refractivity contribution in [3.63, 3.8) is 0 Å². The van der Waals surface area contributed by atoms with Crippen LogP contribution in [0.15, 0.2) is 4.52 Å². The second kappa shape index (κ2) is 6.51. The second-order valence-electron chi connectivity index (χ2n) is 6.60. The maximum Gasteiger partial charge on any atom is 0.226 e. The molecule has 4 nitrogen and oxygen atoms in total. The molecule has 1 fully saturated rings. The van der Waals surface area contributed by atoms with Crippen LogP contribution in [0.4, 0.5) is 0 Å². The highest BCUT2D eigenvalue weighted by atomic mass is 16.5. The van der Waals surface area contributed by atoms with Gasteiger partial charge < -0.3 is 10.3 Å². The van der Waals surface area contributed by atoms with E-state index in [-0.39, 0.29) is 0 Å². The third kappa shape index (κ3) is 4.03. The van der Waals surface area contributed by atoms with Crippen LogP contribution < -0.4 is 5.73 Å². The lowest BCUT2D eigenvalue weighted by Gasteiger charge is -2.14. The predicted octanol–water partition coefficient (Wildman–Crippen LogP) is 3.14. The molecule has 0 aromatic carbocycles. The summed E-state index contributed by atoms with van der Waals surface area (Å²) < 4.78 is 5.41. The Bertz CT molecular complexity index is 388. The van der Waals surface area contributed by atoms with Gasteiger partial charge in [-0.05, 0) is 50.0 Å². The first kappa shape index (κ1) is 14.5. The zero-order valence-electron chi connectivity index (χ0n) is 12.4. The molecule has 2 rings (SSSR count). The molecule has 1 saturated carbocycles. The van der Waals surface area contributed by atoms with E-state index in [1.54, 1.807) is 0 Å². The standard InChI is InChI=1S/C15H27N3O/c1-10(2)6-12(9-16)8-14-17-15(18-19-14)13-5-4-11(3)7-13/h10-13H,4-9,16H2,1-3H3/t11?,12-,13?/m0/s1. The van der Waals surface area contributed by atoms with Crippen molar-refractivity contribution in [3.8, 4) is 0 Å². The molecule has 0 radical (unpaired) electrons. The Balaban J connectivity index is 1.93. The van der Waals surface area contributed by atoms with Gasteiger partial charge in [0.1, 0.15) is 0 Å². The molecule has 0 bridgehead atoms. The Kier molecular flexibility index (Phi) is 4.97. The Morgan fingerprint density at radius 1 is 1.37 bits per heavy atom. The quantitative estimate of drug-likeness (QED) is 0.858. The van der Waals surface area contributed by atoms with Crippen molar-refractivity contribution in [2.75, 3.05) is 6.54 Å². The number of hydrogen-bond acceptors (Lipinski definition) is 4. The molecule has 1 heterocycles.